The van der Waals surface area contributed by atoms with E-state index in [2.05, 4.69) is 0 Å². The third kappa shape index (κ3) is 3.81. The summed E-state index contributed by atoms with van der Waals surface area (Å²) in [4.78, 5) is 0. The van der Waals surface area contributed by atoms with Gasteiger partial charge in [0, 0.05) is 5.39 Å². The predicted molar refractivity (Wildman–Crippen MR) is 88.8 cm³/mol. The van der Waals surface area contributed by atoms with Crippen LogP contribution in [0.5, 0.6) is 5.75 Å². The topological polar surface area (TPSA) is 94.0 Å². The molecule has 1 aliphatic rings. The van der Waals surface area contributed by atoms with Crippen LogP contribution in [-0.4, -0.2) is 22.7 Å². The summed E-state index contributed by atoms with van der Waals surface area (Å²) >= 11 is 0. The molecule has 4 nitrogen and oxygen atoms in total. The van der Waals surface area contributed by atoms with Crippen LogP contribution < -0.4 is 5.73 Å². The molecule has 0 radical (unpaired) electrons. The average Bonchev–Trinajstić information content (AvgIpc) is 2.53. The number of fused-ring (bicyclic) bond motifs is 1. The Morgan fingerprint density at radius 1 is 0.917 bits per heavy atom. The number of rotatable bonds is 0. The number of hydrogen-bond donors (Lipinski definition) is 4. The van der Waals surface area contributed by atoms with Crippen molar-refractivity contribution in [2.24, 2.45) is 0 Å². The summed E-state index contributed by atoms with van der Waals surface area (Å²) < 4.78 is 35.9. The maximum atomic E-state index is 12.0. The van der Waals surface area contributed by atoms with Gasteiger partial charge in [-0.25, -0.2) is 0 Å². The number of halogens is 3. The summed E-state index contributed by atoms with van der Waals surface area (Å²) in [7, 11) is 0. The standard InChI is InChI=1S/C10H9NO.C7H5F3N2/c11-10-8-4-2-1-3-7(8)5-6-9(10)12;8-7(9,10)4-1-2-5(11)6(12)3-4/h1-6,12H,11H2;1-3,11-12H. The Morgan fingerprint density at radius 2 is 1.58 bits per heavy atom. The number of alkyl halides is 3. The first kappa shape index (κ1) is 17.3. The Labute approximate surface area is 135 Å². The van der Waals surface area contributed by atoms with Crippen molar-refractivity contribution < 1.29 is 18.3 Å². The first-order chi connectivity index (χ1) is 11.2. The zero-order chi connectivity index (χ0) is 17.9. The maximum Gasteiger partial charge on any atom is 0.416 e. The number of aromatic hydroxyl groups is 1. The SMILES string of the molecule is N=C1C=CC(C(F)(F)F)=CC1=N.Nc1c(O)ccc2ccccc12. The van der Waals surface area contributed by atoms with E-state index < -0.39 is 17.5 Å². The first-order valence-electron chi connectivity index (χ1n) is 6.81. The Kier molecular flexibility index (Phi) is 4.73. The van der Waals surface area contributed by atoms with Gasteiger partial charge in [-0.3, -0.25) is 10.8 Å². The molecule has 0 fully saturated rings. The summed E-state index contributed by atoms with van der Waals surface area (Å²) in [5.41, 5.74) is 4.62. The number of nitrogens with one attached hydrogen (secondary N) is 2. The Hall–Kier alpha value is -3.09. The van der Waals surface area contributed by atoms with Crippen LogP contribution >= 0.6 is 0 Å². The monoisotopic (exact) mass is 333 g/mol. The van der Waals surface area contributed by atoms with Crippen LogP contribution in [0.15, 0.2) is 60.2 Å². The molecule has 124 valence electrons. The second-order valence-electron chi connectivity index (χ2n) is 4.98. The van der Waals surface area contributed by atoms with Crippen molar-refractivity contribution in [2.45, 2.75) is 6.18 Å². The molecule has 0 atom stereocenters. The van der Waals surface area contributed by atoms with Crippen molar-refractivity contribution in [3.8, 4) is 5.75 Å². The maximum absolute atomic E-state index is 12.0. The molecule has 0 saturated heterocycles. The van der Waals surface area contributed by atoms with E-state index in [1.54, 1.807) is 6.07 Å². The second-order valence-corrected chi connectivity index (χ2v) is 4.98. The summed E-state index contributed by atoms with van der Waals surface area (Å²) in [6, 6.07) is 11.2. The number of phenolic OH excluding ortho intramolecular Hbond substituents is 1. The minimum atomic E-state index is -4.43. The van der Waals surface area contributed by atoms with E-state index >= 15 is 0 Å². The lowest BCUT2D eigenvalue weighted by Crippen LogP contribution is -2.18. The summed E-state index contributed by atoms with van der Waals surface area (Å²) in [6.07, 6.45) is -2.03. The minimum Gasteiger partial charge on any atom is -0.506 e. The van der Waals surface area contributed by atoms with Gasteiger partial charge in [0.25, 0.3) is 0 Å². The van der Waals surface area contributed by atoms with E-state index in [0.717, 1.165) is 22.9 Å². The van der Waals surface area contributed by atoms with Gasteiger partial charge < -0.3 is 10.8 Å². The molecule has 0 spiro atoms. The van der Waals surface area contributed by atoms with Gasteiger partial charge in [0.05, 0.1) is 22.7 Å². The molecule has 0 saturated carbocycles. The van der Waals surface area contributed by atoms with Crippen molar-refractivity contribution in [3.05, 3.63) is 60.2 Å². The average molecular weight is 333 g/mol. The van der Waals surface area contributed by atoms with Crippen LogP contribution in [0.3, 0.4) is 0 Å². The molecule has 0 heterocycles. The predicted octanol–water partition coefficient (Wildman–Crippen LogP) is 4.21. The number of nitrogen functional groups attached to an aromatic ring is 1. The molecular weight excluding hydrogens is 319 g/mol. The number of benzene rings is 2. The van der Waals surface area contributed by atoms with E-state index in [9.17, 15) is 18.3 Å². The van der Waals surface area contributed by atoms with Gasteiger partial charge in [-0.15, -0.1) is 0 Å². The van der Waals surface area contributed by atoms with Crippen LogP contribution in [-0.2, 0) is 0 Å². The van der Waals surface area contributed by atoms with E-state index in [1.165, 1.54) is 0 Å². The Balaban J connectivity index is 0.000000174. The molecule has 24 heavy (non-hydrogen) atoms. The molecule has 0 aliphatic heterocycles. The molecule has 5 N–H and O–H groups in total. The van der Waals surface area contributed by atoms with E-state index in [0.29, 0.717) is 11.8 Å². The molecule has 3 rings (SSSR count). The molecule has 7 heteroatoms. The van der Waals surface area contributed by atoms with E-state index in [1.807, 2.05) is 30.3 Å². The first-order valence-corrected chi connectivity index (χ1v) is 6.81. The Bertz CT molecular complexity index is 867. The summed E-state index contributed by atoms with van der Waals surface area (Å²) in [5, 5.41) is 25.2. The van der Waals surface area contributed by atoms with Gasteiger partial charge in [-0.2, -0.15) is 13.2 Å². The fourth-order valence-electron chi connectivity index (χ4n) is 2.00. The highest BCUT2D eigenvalue weighted by Gasteiger charge is 2.33. The van der Waals surface area contributed by atoms with Gasteiger partial charge in [-0.1, -0.05) is 30.3 Å². The number of allylic oxidation sites excluding steroid dienone is 4. The fourth-order valence-corrected chi connectivity index (χ4v) is 2.00. The molecule has 1 aliphatic carbocycles. The highest BCUT2D eigenvalue weighted by atomic mass is 19.4. The molecule has 2 aromatic rings. The smallest absolute Gasteiger partial charge is 0.416 e. The fraction of sp³-hybridized carbons (Fsp3) is 0.0588. The third-order valence-electron chi connectivity index (χ3n) is 3.29. The van der Waals surface area contributed by atoms with Crippen LogP contribution in [0.2, 0.25) is 0 Å². The van der Waals surface area contributed by atoms with Crippen molar-refractivity contribution in [1.29, 1.82) is 10.8 Å². The van der Waals surface area contributed by atoms with Gasteiger partial charge in [0.2, 0.25) is 0 Å². The minimum absolute atomic E-state index is 0.147. The zero-order valence-corrected chi connectivity index (χ0v) is 12.4. The van der Waals surface area contributed by atoms with Crippen molar-refractivity contribution >= 4 is 27.9 Å². The largest absolute Gasteiger partial charge is 0.506 e. The number of anilines is 1. The van der Waals surface area contributed by atoms with Crippen LogP contribution in [0.25, 0.3) is 10.8 Å². The molecule has 2 aromatic carbocycles. The van der Waals surface area contributed by atoms with Crippen molar-refractivity contribution in [1.82, 2.24) is 0 Å². The Morgan fingerprint density at radius 3 is 2.21 bits per heavy atom. The quantitative estimate of drug-likeness (QED) is 0.330. The van der Waals surface area contributed by atoms with Crippen molar-refractivity contribution in [3.63, 3.8) is 0 Å². The zero-order valence-electron chi connectivity index (χ0n) is 12.4. The van der Waals surface area contributed by atoms with Gasteiger partial charge in [0.15, 0.2) is 0 Å². The third-order valence-corrected chi connectivity index (χ3v) is 3.29. The summed E-state index contributed by atoms with van der Waals surface area (Å²) in [6.45, 7) is 0. The molecule has 0 unspecified atom stereocenters. The number of hydrogen-bond acceptors (Lipinski definition) is 4. The lowest BCUT2D eigenvalue weighted by atomic mass is 10.0. The van der Waals surface area contributed by atoms with Crippen LogP contribution in [0, 0.1) is 10.8 Å². The lowest BCUT2D eigenvalue weighted by Gasteiger charge is -2.11. The number of nitrogens with two attached hydrogens (primary N) is 1. The van der Waals surface area contributed by atoms with Gasteiger partial charge in [-0.05, 0) is 29.7 Å². The van der Waals surface area contributed by atoms with Crippen LogP contribution in [0.4, 0.5) is 18.9 Å². The normalized spacial score (nSPS) is 14.2. The number of phenols is 1. The second kappa shape index (κ2) is 6.57. The molecular formula is C17H14F3N3O. The van der Waals surface area contributed by atoms with E-state index in [4.69, 9.17) is 16.6 Å². The van der Waals surface area contributed by atoms with Crippen molar-refractivity contribution in [2.75, 3.05) is 5.73 Å². The highest BCUT2D eigenvalue weighted by Crippen LogP contribution is 2.29. The van der Waals surface area contributed by atoms with Gasteiger partial charge in [0.1, 0.15) is 5.75 Å². The molecule has 0 bridgehead atoms. The van der Waals surface area contributed by atoms with E-state index in [-0.39, 0.29) is 11.5 Å². The lowest BCUT2D eigenvalue weighted by molar-refractivity contribution is -0.0881. The summed E-state index contributed by atoms with van der Waals surface area (Å²) in [5.74, 6) is 0.147. The molecule has 0 amide bonds. The van der Waals surface area contributed by atoms with Crippen LogP contribution in [0.1, 0.15) is 0 Å². The highest BCUT2D eigenvalue weighted by molar-refractivity contribution is 6.49. The van der Waals surface area contributed by atoms with Gasteiger partial charge >= 0.3 is 6.18 Å². The molecule has 0 aromatic heterocycles.